The second-order valence-electron chi connectivity index (χ2n) is 3.54. The fourth-order valence-electron chi connectivity index (χ4n) is 1.29. The average molecular weight is 269 g/mol. The summed E-state index contributed by atoms with van der Waals surface area (Å²) in [6.45, 7) is 10.1. The van der Waals surface area contributed by atoms with Crippen molar-refractivity contribution in [2.45, 2.75) is 25.4 Å². The molecule has 0 saturated carbocycles. The molecule has 2 atom stereocenters. The van der Waals surface area contributed by atoms with Crippen molar-refractivity contribution in [2.24, 2.45) is 0 Å². The van der Waals surface area contributed by atoms with Crippen LogP contribution in [0.1, 0.15) is 13.3 Å². The molecular weight excluding hydrogens is 253 g/mol. The van der Waals surface area contributed by atoms with Gasteiger partial charge in [0, 0.05) is 39.3 Å². The Morgan fingerprint density at radius 1 is 1.79 bits per heavy atom. The second kappa shape index (κ2) is 5.99. The summed E-state index contributed by atoms with van der Waals surface area (Å²) in [5.41, 5.74) is 1.07. The first kappa shape index (κ1) is 14.3. The Bertz CT molecular complexity index is 228. The van der Waals surface area contributed by atoms with E-state index in [-0.39, 0.29) is 50.7 Å². The van der Waals surface area contributed by atoms with Crippen molar-refractivity contribution in [3.63, 3.8) is 0 Å². The predicted molar refractivity (Wildman–Crippen MR) is 52.6 cm³/mol. The van der Waals surface area contributed by atoms with E-state index in [0.29, 0.717) is 0 Å². The molecule has 1 aliphatic rings. The summed E-state index contributed by atoms with van der Waals surface area (Å²) in [6, 6.07) is -0.239. The number of rotatable bonds is 2. The van der Waals surface area contributed by atoms with Gasteiger partial charge in [-0.3, -0.25) is 11.8 Å². The molecular formula is C10H16N2OY-2. The van der Waals surface area contributed by atoms with Crippen molar-refractivity contribution in [1.29, 1.82) is 0 Å². The summed E-state index contributed by atoms with van der Waals surface area (Å²) in [5.74, 6) is 0.00106. The minimum Gasteiger partial charge on any atom is -0.517 e. The largest absolute Gasteiger partial charge is 0.517 e. The van der Waals surface area contributed by atoms with Gasteiger partial charge in [-0.05, 0) is 6.42 Å². The normalized spacial score (nSPS) is 22.8. The number of hydrogen-bond acceptors (Lipinski definition) is 2. The van der Waals surface area contributed by atoms with Crippen LogP contribution in [0.25, 0.3) is 0 Å². The third kappa shape index (κ3) is 3.45. The van der Waals surface area contributed by atoms with Crippen LogP contribution in [0.4, 0.5) is 0 Å². The van der Waals surface area contributed by atoms with Crippen LogP contribution >= 0.6 is 0 Å². The molecule has 1 amide bonds. The molecule has 1 radical (unpaired) electrons. The molecule has 0 unspecified atom stereocenters. The van der Waals surface area contributed by atoms with E-state index < -0.39 is 0 Å². The minimum absolute atomic E-state index is 0. The molecule has 1 saturated heterocycles. The molecule has 1 fully saturated rings. The van der Waals surface area contributed by atoms with Gasteiger partial charge < -0.3 is 17.1 Å². The minimum atomic E-state index is -0.144. The van der Waals surface area contributed by atoms with Crippen LogP contribution < -0.4 is 5.32 Å². The number of hydrogen-bond donors (Lipinski definition) is 1. The van der Waals surface area contributed by atoms with Crippen molar-refractivity contribution < 1.29 is 37.5 Å². The fraction of sp³-hybridized carbons (Fsp3) is 0.500. The van der Waals surface area contributed by atoms with Gasteiger partial charge in [0.25, 0.3) is 0 Å². The van der Waals surface area contributed by atoms with Crippen molar-refractivity contribution >= 4 is 5.91 Å². The third-order valence-electron chi connectivity index (χ3n) is 2.20. The van der Waals surface area contributed by atoms with Gasteiger partial charge in [-0.25, -0.2) is 0 Å². The molecule has 77 valence electrons. The van der Waals surface area contributed by atoms with E-state index in [0.717, 1.165) is 18.5 Å². The number of carbonyl (C=O) groups excluding carboxylic acids is 1. The number of amides is 1. The summed E-state index contributed by atoms with van der Waals surface area (Å²) in [6.07, 6.45) is 0.720. The Morgan fingerprint density at radius 2 is 2.36 bits per heavy atom. The smallest absolute Gasteiger partial charge is 0.209 e. The van der Waals surface area contributed by atoms with E-state index in [9.17, 15) is 4.79 Å². The van der Waals surface area contributed by atoms with Crippen LogP contribution in [-0.2, 0) is 37.5 Å². The summed E-state index contributed by atoms with van der Waals surface area (Å²) >= 11 is 0. The van der Waals surface area contributed by atoms with Gasteiger partial charge in [-0.15, -0.1) is 6.04 Å². The molecule has 0 aliphatic carbocycles. The first-order valence-corrected chi connectivity index (χ1v) is 4.39. The average Bonchev–Trinajstić information content (AvgIpc) is 2.49. The second-order valence-corrected chi connectivity index (χ2v) is 3.54. The molecule has 3 nitrogen and oxygen atoms in total. The number of carbonyl (C=O) groups is 1. The van der Waals surface area contributed by atoms with Gasteiger partial charge in [0.2, 0.25) is 5.91 Å². The van der Waals surface area contributed by atoms with E-state index in [1.54, 1.807) is 0 Å². The standard InChI is InChI=1S/C10H16N2O.Y/c1-7(2)12(4)10(13)9-5-8(3)6-11-9;/h7,9,11H,1,3-6H2,2H3;/q-2;/t7-,9-;/m0./s1. The quantitative estimate of drug-likeness (QED) is 0.592. The zero-order valence-electron chi connectivity index (χ0n) is 8.62. The predicted octanol–water partition coefficient (Wildman–Crippen LogP) is 0.745. The van der Waals surface area contributed by atoms with E-state index in [2.05, 4.69) is 25.9 Å². The summed E-state index contributed by atoms with van der Waals surface area (Å²) < 4.78 is 0. The van der Waals surface area contributed by atoms with E-state index >= 15 is 0 Å². The number of nitrogens with one attached hydrogen (secondary N) is 1. The van der Waals surface area contributed by atoms with Crippen molar-refractivity contribution in [3.8, 4) is 0 Å². The Balaban J connectivity index is 0.00000169. The molecule has 14 heavy (non-hydrogen) atoms. The first-order chi connectivity index (χ1) is 6.02. The summed E-state index contributed by atoms with van der Waals surface area (Å²) in [4.78, 5) is 13.1. The molecule has 1 heterocycles. The fourth-order valence-corrected chi connectivity index (χ4v) is 1.29. The zero-order chi connectivity index (χ0) is 10.0. The number of nitrogens with zero attached hydrogens (tertiary/aromatic N) is 1. The van der Waals surface area contributed by atoms with Gasteiger partial charge in [0.05, 0.1) is 6.04 Å². The topological polar surface area (TPSA) is 32.3 Å². The third-order valence-corrected chi connectivity index (χ3v) is 2.20. The van der Waals surface area contributed by atoms with Gasteiger partial charge in [0.1, 0.15) is 0 Å². The van der Waals surface area contributed by atoms with Crippen molar-refractivity contribution in [3.05, 3.63) is 26.1 Å². The molecule has 1 aliphatic heterocycles. The summed E-state index contributed by atoms with van der Waals surface area (Å²) in [5, 5.41) is 3.08. The van der Waals surface area contributed by atoms with E-state index in [1.807, 2.05) is 6.92 Å². The summed E-state index contributed by atoms with van der Waals surface area (Å²) in [7, 11) is 3.66. The maximum absolute atomic E-state index is 11.7. The van der Waals surface area contributed by atoms with Crippen LogP contribution in [0.2, 0.25) is 0 Å². The van der Waals surface area contributed by atoms with Crippen LogP contribution in [0.3, 0.4) is 0 Å². The van der Waals surface area contributed by atoms with Crippen molar-refractivity contribution in [1.82, 2.24) is 10.2 Å². The van der Waals surface area contributed by atoms with Crippen LogP contribution in [-0.4, -0.2) is 29.4 Å². The van der Waals surface area contributed by atoms with Gasteiger partial charge in [-0.1, -0.05) is 19.1 Å². The van der Waals surface area contributed by atoms with Gasteiger partial charge in [-0.2, -0.15) is 0 Å². The first-order valence-electron chi connectivity index (χ1n) is 4.39. The Labute approximate surface area is 111 Å². The zero-order valence-corrected chi connectivity index (χ0v) is 11.5. The Hall–Kier alpha value is 0.274. The van der Waals surface area contributed by atoms with E-state index in [1.165, 1.54) is 4.90 Å². The molecule has 1 N–H and O–H groups in total. The van der Waals surface area contributed by atoms with Gasteiger partial charge >= 0.3 is 0 Å². The molecule has 0 aromatic heterocycles. The Morgan fingerprint density at radius 3 is 2.71 bits per heavy atom. The molecule has 1 rings (SSSR count). The maximum atomic E-state index is 11.7. The van der Waals surface area contributed by atoms with E-state index in [4.69, 9.17) is 0 Å². The monoisotopic (exact) mass is 269 g/mol. The molecule has 0 bridgehead atoms. The van der Waals surface area contributed by atoms with Crippen LogP contribution in [0, 0.1) is 14.0 Å². The molecule has 4 heteroatoms. The SMILES string of the molecule is C=C1CN[C@H](C(=O)N([CH2-])[C@@H]([CH2-])C)C1.[Y]. The maximum Gasteiger partial charge on any atom is 0.209 e. The van der Waals surface area contributed by atoms with Crippen LogP contribution in [0.5, 0.6) is 0 Å². The molecule has 0 spiro atoms. The van der Waals surface area contributed by atoms with Crippen LogP contribution in [0.15, 0.2) is 12.2 Å². The molecule has 0 aromatic rings. The van der Waals surface area contributed by atoms with Gasteiger partial charge in [0.15, 0.2) is 0 Å². The van der Waals surface area contributed by atoms with Crippen molar-refractivity contribution in [2.75, 3.05) is 6.54 Å². The molecule has 0 aromatic carbocycles. The Kier molecular flexibility index (Phi) is 6.11.